The summed E-state index contributed by atoms with van der Waals surface area (Å²) in [5.74, 6) is -0.312. The maximum Gasteiger partial charge on any atom is 0.356 e. The summed E-state index contributed by atoms with van der Waals surface area (Å²) >= 11 is 0. The summed E-state index contributed by atoms with van der Waals surface area (Å²) in [7, 11) is 1.77. The molecule has 0 bridgehead atoms. The Labute approximate surface area is 93.8 Å². The third-order valence-electron chi connectivity index (χ3n) is 2.42. The van der Waals surface area contributed by atoms with Gasteiger partial charge in [0.1, 0.15) is 5.69 Å². The van der Waals surface area contributed by atoms with Crippen molar-refractivity contribution in [2.75, 3.05) is 19.1 Å². The molecule has 0 aliphatic heterocycles. The van der Waals surface area contributed by atoms with Gasteiger partial charge in [0, 0.05) is 12.4 Å². The van der Waals surface area contributed by atoms with Gasteiger partial charge in [-0.3, -0.25) is 4.68 Å². The van der Waals surface area contributed by atoms with Crippen molar-refractivity contribution in [1.29, 1.82) is 0 Å². The van der Waals surface area contributed by atoms with E-state index in [4.69, 9.17) is 4.74 Å². The van der Waals surface area contributed by atoms with E-state index in [0.29, 0.717) is 12.3 Å². The van der Waals surface area contributed by atoms with Crippen LogP contribution in [0, 0.1) is 0 Å². The predicted molar refractivity (Wildman–Crippen MR) is 63.2 cm³/mol. The highest BCUT2D eigenvalue weighted by Crippen LogP contribution is 2.18. The fraction of sp³-hybridized carbons (Fsp3) is 0.250. The highest BCUT2D eigenvalue weighted by Gasteiger charge is 2.15. The van der Waals surface area contributed by atoms with Gasteiger partial charge in [-0.1, -0.05) is 18.2 Å². The monoisotopic (exact) mass is 218 g/mol. The summed E-state index contributed by atoms with van der Waals surface area (Å²) in [6.45, 7) is 2.17. The number of rotatable bonds is 3. The van der Waals surface area contributed by atoms with Crippen molar-refractivity contribution >= 4 is 16.9 Å². The van der Waals surface area contributed by atoms with Gasteiger partial charge in [-0.2, -0.15) is 0 Å². The first kappa shape index (κ1) is 10.5. The van der Waals surface area contributed by atoms with Gasteiger partial charge in [0.25, 0.3) is 0 Å². The van der Waals surface area contributed by atoms with Crippen LogP contribution >= 0.6 is 0 Å². The van der Waals surface area contributed by atoms with E-state index < -0.39 is 0 Å². The van der Waals surface area contributed by atoms with E-state index in [1.165, 1.54) is 0 Å². The average molecular weight is 218 g/mol. The normalized spacial score (nSPS) is 10.4. The van der Waals surface area contributed by atoms with Gasteiger partial charge >= 0.3 is 5.97 Å². The molecule has 0 atom stereocenters. The molecule has 2 aromatic rings. The van der Waals surface area contributed by atoms with Crippen LogP contribution in [0.4, 0.5) is 0 Å². The number of carbonyl (C=O) groups is 1. The van der Waals surface area contributed by atoms with E-state index in [9.17, 15) is 4.79 Å². The van der Waals surface area contributed by atoms with Crippen LogP contribution in [0.3, 0.4) is 0 Å². The summed E-state index contributed by atoms with van der Waals surface area (Å²) in [6, 6.07) is 9.62. The Morgan fingerprint density at radius 2 is 2.19 bits per heavy atom. The molecule has 0 amide bonds. The molecule has 0 saturated heterocycles. The molecular weight excluding hydrogens is 204 g/mol. The molecule has 1 aromatic heterocycles. The summed E-state index contributed by atoms with van der Waals surface area (Å²) in [5, 5.41) is 1.01. The van der Waals surface area contributed by atoms with Crippen molar-refractivity contribution < 1.29 is 9.53 Å². The topological polar surface area (TPSA) is 43.3 Å². The number of nitrogens with zero attached hydrogens (tertiary/aromatic N) is 1. The van der Waals surface area contributed by atoms with Crippen molar-refractivity contribution in [1.82, 2.24) is 4.68 Å². The molecule has 4 nitrogen and oxygen atoms in total. The number of fused-ring (bicyclic) bond motifs is 1. The van der Waals surface area contributed by atoms with Gasteiger partial charge in [-0.25, -0.2) is 4.79 Å². The zero-order valence-electron chi connectivity index (χ0n) is 9.36. The number of esters is 1. The number of benzene rings is 1. The van der Waals surface area contributed by atoms with Gasteiger partial charge < -0.3 is 10.2 Å². The Bertz CT molecular complexity index is 517. The molecule has 84 valence electrons. The number of nitrogens with one attached hydrogen (secondary N) is 1. The lowest BCUT2D eigenvalue weighted by Crippen LogP contribution is -2.17. The molecule has 16 heavy (non-hydrogen) atoms. The summed E-state index contributed by atoms with van der Waals surface area (Å²) in [5.41, 5.74) is 4.46. The molecule has 1 heterocycles. The zero-order valence-corrected chi connectivity index (χ0v) is 9.36. The lowest BCUT2D eigenvalue weighted by atomic mass is 10.2. The molecule has 0 aliphatic rings. The first-order valence-corrected chi connectivity index (χ1v) is 5.23. The Kier molecular flexibility index (Phi) is 2.81. The Morgan fingerprint density at radius 3 is 2.88 bits per heavy atom. The quantitative estimate of drug-likeness (QED) is 0.801. The van der Waals surface area contributed by atoms with E-state index in [-0.39, 0.29) is 5.97 Å². The van der Waals surface area contributed by atoms with Crippen LogP contribution in [0.2, 0.25) is 0 Å². The fourth-order valence-electron chi connectivity index (χ4n) is 1.75. The van der Waals surface area contributed by atoms with Gasteiger partial charge in [0.05, 0.1) is 12.1 Å². The van der Waals surface area contributed by atoms with Crippen LogP contribution in [0.25, 0.3) is 10.9 Å². The average Bonchev–Trinajstić information content (AvgIpc) is 2.67. The summed E-state index contributed by atoms with van der Waals surface area (Å²) in [4.78, 5) is 11.7. The molecule has 0 radical (unpaired) electrons. The van der Waals surface area contributed by atoms with Gasteiger partial charge in [-0.15, -0.1) is 0 Å². The lowest BCUT2D eigenvalue weighted by molar-refractivity contribution is 0.0516. The number of hydrogen-bond acceptors (Lipinski definition) is 3. The largest absolute Gasteiger partial charge is 0.461 e. The molecule has 1 N–H and O–H groups in total. The van der Waals surface area contributed by atoms with Crippen molar-refractivity contribution in [3.8, 4) is 0 Å². The maximum atomic E-state index is 11.7. The molecule has 4 heteroatoms. The SMILES string of the molecule is CCOC(=O)c1cc2ccccc2n1NC. The molecular formula is C12H14N2O2. The van der Waals surface area contributed by atoms with Gasteiger partial charge in [0.15, 0.2) is 0 Å². The van der Waals surface area contributed by atoms with E-state index >= 15 is 0 Å². The Morgan fingerprint density at radius 1 is 1.44 bits per heavy atom. The molecule has 0 saturated carbocycles. The number of aromatic nitrogens is 1. The highest BCUT2D eigenvalue weighted by molar-refractivity contribution is 5.95. The molecule has 0 unspecified atom stereocenters. The second-order valence-corrected chi connectivity index (χ2v) is 3.37. The first-order valence-electron chi connectivity index (χ1n) is 5.23. The minimum Gasteiger partial charge on any atom is -0.461 e. The van der Waals surface area contributed by atoms with E-state index in [1.807, 2.05) is 30.3 Å². The summed E-state index contributed by atoms with van der Waals surface area (Å²) in [6.07, 6.45) is 0. The lowest BCUT2D eigenvalue weighted by Gasteiger charge is -2.08. The van der Waals surface area contributed by atoms with Crippen molar-refractivity contribution in [2.24, 2.45) is 0 Å². The second kappa shape index (κ2) is 4.26. The third kappa shape index (κ3) is 1.62. The van der Waals surface area contributed by atoms with E-state index in [1.54, 1.807) is 18.6 Å². The van der Waals surface area contributed by atoms with Crippen LogP contribution in [-0.2, 0) is 4.74 Å². The minimum atomic E-state index is -0.312. The van der Waals surface area contributed by atoms with Crippen LogP contribution in [0.1, 0.15) is 17.4 Å². The standard InChI is InChI=1S/C12H14N2O2/c1-3-16-12(15)11-8-9-6-4-5-7-10(9)14(11)13-2/h4-8,13H,3H2,1-2H3. The summed E-state index contributed by atoms with van der Waals surface area (Å²) < 4.78 is 6.73. The van der Waals surface area contributed by atoms with Crippen LogP contribution in [-0.4, -0.2) is 24.3 Å². The minimum absolute atomic E-state index is 0.312. The van der Waals surface area contributed by atoms with Crippen molar-refractivity contribution in [3.05, 3.63) is 36.0 Å². The van der Waals surface area contributed by atoms with Crippen molar-refractivity contribution in [2.45, 2.75) is 6.92 Å². The van der Waals surface area contributed by atoms with Gasteiger partial charge in [0.2, 0.25) is 0 Å². The van der Waals surface area contributed by atoms with Crippen molar-refractivity contribution in [3.63, 3.8) is 0 Å². The number of ether oxygens (including phenoxy) is 1. The molecule has 0 fully saturated rings. The third-order valence-corrected chi connectivity index (χ3v) is 2.42. The van der Waals surface area contributed by atoms with Gasteiger partial charge in [-0.05, 0) is 19.1 Å². The van der Waals surface area contributed by atoms with E-state index in [0.717, 1.165) is 10.9 Å². The molecule has 1 aromatic carbocycles. The fourth-order valence-corrected chi connectivity index (χ4v) is 1.75. The Hall–Kier alpha value is -1.97. The van der Waals surface area contributed by atoms with E-state index in [2.05, 4.69) is 5.43 Å². The number of carbonyl (C=O) groups excluding carboxylic acids is 1. The second-order valence-electron chi connectivity index (χ2n) is 3.37. The molecule has 0 spiro atoms. The smallest absolute Gasteiger partial charge is 0.356 e. The molecule has 0 aliphatic carbocycles. The maximum absolute atomic E-state index is 11.7. The van der Waals surface area contributed by atoms with Crippen LogP contribution in [0.5, 0.6) is 0 Å². The Balaban J connectivity index is 2.56. The molecule has 2 rings (SSSR count). The zero-order chi connectivity index (χ0) is 11.5. The first-order chi connectivity index (χ1) is 7.77. The van der Waals surface area contributed by atoms with Crippen LogP contribution in [0.15, 0.2) is 30.3 Å². The number of hydrogen-bond donors (Lipinski definition) is 1. The number of para-hydroxylation sites is 1. The van der Waals surface area contributed by atoms with Crippen LogP contribution < -0.4 is 5.43 Å². The predicted octanol–water partition coefficient (Wildman–Crippen LogP) is 1.99. The highest BCUT2D eigenvalue weighted by atomic mass is 16.5.